The lowest BCUT2D eigenvalue weighted by Gasteiger charge is -2.43. The van der Waals surface area contributed by atoms with E-state index in [2.05, 4.69) is 266 Å². The van der Waals surface area contributed by atoms with Crippen molar-refractivity contribution in [2.45, 2.75) is 19.3 Å². The van der Waals surface area contributed by atoms with Crippen LogP contribution in [0.15, 0.2) is 243 Å². The Bertz CT molecular complexity index is 3870. The van der Waals surface area contributed by atoms with Crippen LogP contribution in [0.5, 0.6) is 0 Å². The minimum atomic E-state index is -0.326. The first-order valence-corrected chi connectivity index (χ1v) is 23.3. The highest BCUT2D eigenvalue weighted by Gasteiger charge is 2.38. The second kappa shape index (κ2) is 15.3. The number of nitrogens with zero attached hydrogens (tertiary/aromatic N) is 2. The molecule has 0 atom stereocenters. The van der Waals surface area contributed by atoms with Crippen LogP contribution in [0.1, 0.15) is 25.0 Å². The molecule has 0 saturated carbocycles. The molecule has 0 spiro atoms. The number of hydrogen-bond acceptors (Lipinski definition) is 2. The first-order valence-electron chi connectivity index (χ1n) is 23.3. The fourth-order valence-corrected chi connectivity index (χ4v) is 11.1. The van der Waals surface area contributed by atoms with E-state index in [0.29, 0.717) is 0 Å². The minimum absolute atomic E-state index is 0.326. The van der Waals surface area contributed by atoms with Gasteiger partial charge in [-0.3, -0.25) is 0 Å². The van der Waals surface area contributed by atoms with E-state index in [1.54, 1.807) is 0 Å². The number of rotatable bonds is 6. The second-order valence-corrected chi connectivity index (χ2v) is 18.5. The van der Waals surface area contributed by atoms with Crippen LogP contribution in [0.2, 0.25) is 0 Å². The Morgan fingerprint density at radius 3 is 1.57 bits per heavy atom. The van der Waals surface area contributed by atoms with E-state index in [0.717, 1.165) is 17.1 Å². The lowest BCUT2D eigenvalue weighted by atomic mass is 9.73. The smallest absolute Gasteiger partial charge is 0.0618 e. The van der Waals surface area contributed by atoms with Crippen molar-refractivity contribution in [1.82, 2.24) is 0 Å². The molecule has 0 aromatic heterocycles. The van der Waals surface area contributed by atoms with Gasteiger partial charge in [0.25, 0.3) is 0 Å². The van der Waals surface area contributed by atoms with Crippen molar-refractivity contribution in [3.05, 3.63) is 254 Å². The SMILES string of the molecule is CC1(C)c2ccccc2N(c2c(-c3ccc4ccccc4c3)ccc3ccccc23)c2ccc(N(c3ccc(-c4ccccc4)cc3)c3ccc4c5ccccc5c5ccccc5c4c3)cc21. The van der Waals surface area contributed by atoms with E-state index >= 15 is 0 Å². The van der Waals surface area contributed by atoms with Gasteiger partial charge >= 0.3 is 0 Å². The predicted molar refractivity (Wildman–Crippen MR) is 286 cm³/mol. The van der Waals surface area contributed by atoms with E-state index in [4.69, 9.17) is 0 Å². The van der Waals surface area contributed by atoms with E-state index in [1.807, 2.05) is 0 Å². The third-order valence-corrected chi connectivity index (χ3v) is 14.4. The van der Waals surface area contributed by atoms with Gasteiger partial charge in [0.2, 0.25) is 0 Å². The third kappa shape index (κ3) is 6.25. The number of anilines is 6. The topological polar surface area (TPSA) is 6.48 Å². The van der Waals surface area contributed by atoms with Crippen LogP contribution in [0.25, 0.3) is 76.1 Å². The van der Waals surface area contributed by atoms with E-state index in [1.165, 1.54) is 104 Å². The van der Waals surface area contributed by atoms with Crippen molar-refractivity contribution in [2.75, 3.05) is 9.80 Å². The van der Waals surface area contributed by atoms with Gasteiger partial charge in [-0.2, -0.15) is 0 Å². The largest absolute Gasteiger partial charge is 0.310 e. The van der Waals surface area contributed by atoms with Crippen LogP contribution in [0, 0.1) is 0 Å². The molecule has 67 heavy (non-hydrogen) atoms. The van der Waals surface area contributed by atoms with Crippen molar-refractivity contribution in [2.24, 2.45) is 0 Å². The van der Waals surface area contributed by atoms with Gasteiger partial charge in [-0.15, -0.1) is 0 Å². The summed E-state index contributed by atoms with van der Waals surface area (Å²) in [7, 11) is 0. The number of para-hydroxylation sites is 1. The summed E-state index contributed by atoms with van der Waals surface area (Å²) in [6.07, 6.45) is 0. The molecule has 2 heteroatoms. The summed E-state index contributed by atoms with van der Waals surface area (Å²) in [6, 6.07) is 89.7. The van der Waals surface area contributed by atoms with Crippen molar-refractivity contribution in [3.63, 3.8) is 0 Å². The Labute approximate surface area is 391 Å². The van der Waals surface area contributed by atoms with Crippen LogP contribution >= 0.6 is 0 Å². The van der Waals surface area contributed by atoms with Crippen molar-refractivity contribution < 1.29 is 0 Å². The maximum Gasteiger partial charge on any atom is 0.0618 e. The summed E-state index contributed by atoms with van der Waals surface area (Å²) in [5.74, 6) is 0. The van der Waals surface area contributed by atoms with Crippen LogP contribution < -0.4 is 9.80 Å². The Kier molecular flexibility index (Phi) is 8.91. The quantitative estimate of drug-likeness (QED) is 0.154. The van der Waals surface area contributed by atoms with E-state index in [-0.39, 0.29) is 5.41 Å². The fourth-order valence-electron chi connectivity index (χ4n) is 11.1. The first-order chi connectivity index (χ1) is 33.0. The molecular formula is C65H46N2. The molecular weight excluding hydrogens is 809 g/mol. The molecule has 2 nitrogen and oxygen atoms in total. The van der Waals surface area contributed by atoms with Crippen LogP contribution in [-0.2, 0) is 5.41 Å². The normalized spacial score (nSPS) is 13.0. The molecule has 0 unspecified atom stereocenters. The van der Waals surface area contributed by atoms with Gasteiger partial charge in [0, 0.05) is 33.4 Å². The molecule has 0 saturated heterocycles. The van der Waals surface area contributed by atoms with E-state index in [9.17, 15) is 0 Å². The molecule has 316 valence electrons. The maximum absolute atomic E-state index is 2.55. The van der Waals surface area contributed by atoms with Gasteiger partial charge in [0.05, 0.1) is 17.1 Å². The molecule has 0 N–H and O–H groups in total. The van der Waals surface area contributed by atoms with Gasteiger partial charge in [-0.1, -0.05) is 202 Å². The molecule has 12 aromatic carbocycles. The van der Waals surface area contributed by atoms with Gasteiger partial charge in [0.15, 0.2) is 0 Å². The summed E-state index contributed by atoms with van der Waals surface area (Å²) in [6.45, 7) is 4.79. The zero-order chi connectivity index (χ0) is 44.6. The number of fused-ring (bicyclic) bond motifs is 10. The fraction of sp³-hybridized carbons (Fsp3) is 0.0462. The Morgan fingerprint density at radius 1 is 0.313 bits per heavy atom. The average Bonchev–Trinajstić information content (AvgIpc) is 3.39. The molecule has 12 aromatic rings. The molecule has 13 rings (SSSR count). The zero-order valence-corrected chi connectivity index (χ0v) is 37.5. The molecule has 0 fully saturated rings. The highest BCUT2D eigenvalue weighted by Crippen LogP contribution is 2.56. The molecule has 0 amide bonds. The van der Waals surface area contributed by atoms with Gasteiger partial charge in [-0.25, -0.2) is 0 Å². The molecule has 0 aliphatic carbocycles. The Hall–Kier alpha value is -8.46. The summed E-state index contributed by atoms with van der Waals surface area (Å²) in [5.41, 5.74) is 13.9. The lowest BCUT2D eigenvalue weighted by molar-refractivity contribution is 0.632. The molecule has 0 radical (unpaired) electrons. The molecule has 1 aliphatic heterocycles. The van der Waals surface area contributed by atoms with Crippen LogP contribution in [-0.4, -0.2) is 0 Å². The second-order valence-electron chi connectivity index (χ2n) is 18.5. The minimum Gasteiger partial charge on any atom is -0.310 e. The van der Waals surface area contributed by atoms with Crippen LogP contribution in [0.4, 0.5) is 34.1 Å². The van der Waals surface area contributed by atoms with Crippen molar-refractivity contribution >= 4 is 88.0 Å². The summed E-state index contributed by atoms with van der Waals surface area (Å²) in [4.78, 5) is 5.01. The molecule has 0 bridgehead atoms. The maximum atomic E-state index is 2.55. The Morgan fingerprint density at radius 2 is 0.821 bits per heavy atom. The monoisotopic (exact) mass is 854 g/mol. The number of hydrogen-bond donors (Lipinski definition) is 0. The number of benzene rings is 12. The van der Waals surface area contributed by atoms with Gasteiger partial charge in [-0.05, 0) is 131 Å². The zero-order valence-electron chi connectivity index (χ0n) is 37.5. The van der Waals surface area contributed by atoms with Crippen molar-refractivity contribution in [3.8, 4) is 22.3 Å². The van der Waals surface area contributed by atoms with Crippen LogP contribution in [0.3, 0.4) is 0 Å². The third-order valence-electron chi connectivity index (χ3n) is 14.4. The average molecular weight is 855 g/mol. The predicted octanol–water partition coefficient (Wildman–Crippen LogP) is 18.4. The van der Waals surface area contributed by atoms with E-state index < -0.39 is 0 Å². The van der Waals surface area contributed by atoms with Gasteiger partial charge < -0.3 is 9.80 Å². The lowest BCUT2D eigenvalue weighted by Crippen LogP contribution is -2.31. The summed E-state index contributed by atoms with van der Waals surface area (Å²) >= 11 is 0. The summed E-state index contributed by atoms with van der Waals surface area (Å²) in [5, 5.41) is 12.5. The highest BCUT2D eigenvalue weighted by atomic mass is 15.2. The molecule has 1 heterocycles. The standard InChI is InChI=1S/C65H46N2/c1-65(2)60-26-14-15-27-62(60)67(64-52-21-9-8-19-46(52)32-37-53(64)48-29-28-44-18-6-7-20-47(44)40-48)63-39-36-51(42-61(63)65)66(49-33-30-45(31-34-49)43-16-4-3-5-17-43)50-35-38-58-56-24-11-10-22-54(56)55-23-12-13-25-57(55)59(58)41-50/h3-42H,1-2H3. The van der Waals surface area contributed by atoms with Gasteiger partial charge in [0.1, 0.15) is 0 Å². The first kappa shape index (κ1) is 39.0. The molecule has 1 aliphatic rings. The Balaban J connectivity index is 1.05. The van der Waals surface area contributed by atoms with Crippen molar-refractivity contribution in [1.29, 1.82) is 0 Å². The highest BCUT2D eigenvalue weighted by molar-refractivity contribution is 6.26. The summed E-state index contributed by atoms with van der Waals surface area (Å²) < 4.78 is 0.